The molecule has 0 amide bonds. The lowest BCUT2D eigenvalue weighted by Gasteiger charge is -2.42. The van der Waals surface area contributed by atoms with Crippen molar-refractivity contribution < 1.29 is 13.2 Å². The highest BCUT2D eigenvalue weighted by molar-refractivity contribution is 5.46. The molecule has 0 aliphatic heterocycles. The van der Waals surface area contributed by atoms with E-state index >= 15 is 8.78 Å². The van der Waals surface area contributed by atoms with Crippen LogP contribution in [0.25, 0.3) is 0 Å². The summed E-state index contributed by atoms with van der Waals surface area (Å²) in [6, 6.07) is 8.19. The first kappa shape index (κ1) is 27.3. The minimum absolute atomic E-state index is 0.0202. The van der Waals surface area contributed by atoms with E-state index in [1.807, 2.05) is 25.1 Å². The van der Waals surface area contributed by atoms with Gasteiger partial charge in [0.2, 0.25) is 0 Å². The van der Waals surface area contributed by atoms with Crippen LogP contribution in [0.4, 0.5) is 13.2 Å². The molecule has 196 valence electrons. The van der Waals surface area contributed by atoms with E-state index in [9.17, 15) is 4.39 Å². The summed E-state index contributed by atoms with van der Waals surface area (Å²) in [5.74, 6) is 5.44. The van der Waals surface area contributed by atoms with Gasteiger partial charge in [0, 0.05) is 0 Å². The van der Waals surface area contributed by atoms with Crippen LogP contribution >= 0.6 is 0 Å². The normalized spacial score (nSPS) is 23.7. The Morgan fingerprint density at radius 2 is 1.49 bits per heavy atom. The van der Waals surface area contributed by atoms with Crippen LogP contribution in [0.1, 0.15) is 99.8 Å². The van der Waals surface area contributed by atoms with Gasteiger partial charge in [0.05, 0.1) is 11.1 Å². The molecule has 0 spiro atoms. The summed E-state index contributed by atoms with van der Waals surface area (Å²) in [5.41, 5.74) is 1.54. The molecule has 0 aromatic heterocycles. The van der Waals surface area contributed by atoms with Gasteiger partial charge in [-0.2, -0.15) is 0 Å². The van der Waals surface area contributed by atoms with E-state index < -0.39 is 17.5 Å². The molecule has 2 saturated carbocycles. The number of fused-ring (bicyclic) bond motifs is 1. The van der Waals surface area contributed by atoms with E-state index in [-0.39, 0.29) is 17.0 Å². The Bertz CT molecular complexity index is 1180. The van der Waals surface area contributed by atoms with E-state index in [1.54, 1.807) is 18.2 Å². The zero-order valence-electron chi connectivity index (χ0n) is 22.2. The molecule has 2 aliphatic rings. The molecule has 37 heavy (non-hydrogen) atoms. The molecular formula is C34H39F3. The molecular weight excluding hydrogens is 465 g/mol. The maximum Gasteiger partial charge on any atom is 0.174 e. The molecule has 3 heteroatoms. The van der Waals surface area contributed by atoms with E-state index in [0.717, 1.165) is 55.9 Å². The van der Waals surface area contributed by atoms with Gasteiger partial charge in [-0.3, -0.25) is 0 Å². The van der Waals surface area contributed by atoms with E-state index in [0.29, 0.717) is 11.5 Å². The van der Waals surface area contributed by atoms with Gasteiger partial charge in [0.25, 0.3) is 0 Å². The zero-order valence-corrected chi connectivity index (χ0v) is 22.2. The fraction of sp³-hybridized carbons (Fsp3) is 0.471. The quantitative estimate of drug-likeness (QED) is 0.260. The van der Waals surface area contributed by atoms with Crippen molar-refractivity contribution in [1.82, 2.24) is 0 Å². The molecule has 2 aliphatic carbocycles. The Morgan fingerprint density at radius 3 is 2.27 bits per heavy atom. The van der Waals surface area contributed by atoms with Gasteiger partial charge in [0.1, 0.15) is 5.82 Å². The van der Waals surface area contributed by atoms with Gasteiger partial charge in [-0.25, -0.2) is 13.2 Å². The number of allylic oxidation sites excluding steroid dienone is 4. The zero-order chi connectivity index (χ0) is 26.2. The first-order valence-corrected chi connectivity index (χ1v) is 14.0. The highest BCUT2D eigenvalue weighted by Gasteiger charge is 2.36. The smallest absolute Gasteiger partial charge is 0.174 e. The third-order valence-corrected chi connectivity index (χ3v) is 8.45. The van der Waals surface area contributed by atoms with Crippen molar-refractivity contribution in [3.63, 3.8) is 0 Å². The molecule has 2 fully saturated rings. The number of hydrogen-bond acceptors (Lipinski definition) is 0. The summed E-state index contributed by atoms with van der Waals surface area (Å²) in [4.78, 5) is 0. The fourth-order valence-electron chi connectivity index (χ4n) is 6.37. The minimum atomic E-state index is -0.914. The SMILES string of the molecule is C/C=C/CCc1ccc(C#Cc2ccc(C3CCC4CC(CC/C=C/C)CCC4C3)c(F)c2F)c(F)c1. The number of halogens is 3. The van der Waals surface area contributed by atoms with Gasteiger partial charge in [0.15, 0.2) is 11.6 Å². The molecule has 2 aromatic carbocycles. The van der Waals surface area contributed by atoms with Crippen LogP contribution < -0.4 is 0 Å². The Morgan fingerprint density at radius 1 is 0.784 bits per heavy atom. The van der Waals surface area contributed by atoms with Crippen molar-refractivity contribution in [3.05, 3.63) is 94.3 Å². The lowest BCUT2D eigenvalue weighted by Crippen LogP contribution is -2.30. The van der Waals surface area contributed by atoms with Gasteiger partial charge < -0.3 is 0 Å². The summed E-state index contributed by atoms with van der Waals surface area (Å²) in [6.07, 6.45) is 19.1. The summed E-state index contributed by atoms with van der Waals surface area (Å²) in [7, 11) is 0. The topological polar surface area (TPSA) is 0 Å². The summed E-state index contributed by atoms with van der Waals surface area (Å²) >= 11 is 0. The molecule has 4 atom stereocenters. The lowest BCUT2D eigenvalue weighted by molar-refractivity contribution is 0.114. The average Bonchev–Trinajstić information content (AvgIpc) is 2.90. The summed E-state index contributed by atoms with van der Waals surface area (Å²) < 4.78 is 44.7. The van der Waals surface area contributed by atoms with E-state index in [4.69, 9.17) is 0 Å². The molecule has 0 nitrogen and oxygen atoms in total. The Hall–Kier alpha value is -2.73. The van der Waals surface area contributed by atoms with Crippen LogP contribution in [0.15, 0.2) is 54.6 Å². The molecule has 0 N–H and O–H groups in total. The summed E-state index contributed by atoms with van der Waals surface area (Å²) in [5, 5.41) is 0. The van der Waals surface area contributed by atoms with Crippen LogP contribution in [0.5, 0.6) is 0 Å². The first-order valence-electron chi connectivity index (χ1n) is 14.0. The number of rotatable bonds is 7. The molecule has 0 heterocycles. The lowest BCUT2D eigenvalue weighted by atomic mass is 9.63. The second kappa shape index (κ2) is 13.2. The standard InChI is InChI=1S/C34H39F3/c1-3-5-7-9-24-12-14-29-23-30(18-17-28(29)21-24)31-20-19-27(33(36)34(31)37)16-15-26-13-11-25(22-32(26)35)10-8-6-4-2/h3-6,11,13,19-20,22,24,28-30H,7-10,12,14,17-18,21,23H2,1-2H3/b5-3+,6-4+. The average molecular weight is 505 g/mol. The Labute approximate surface area is 221 Å². The Balaban J connectivity index is 1.41. The van der Waals surface area contributed by atoms with Crippen molar-refractivity contribution in [2.45, 2.75) is 84.0 Å². The number of benzene rings is 2. The summed E-state index contributed by atoms with van der Waals surface area (Å²) in [6.45, 7) is 4.03. The van der Waals surface area contributed by atoms with Crippen LogP contribution in [0, 0.1) is 47.0 Å². The van der Waals surface area contributed by atoms with Crippen LogP contribution in [0.3, 0.4) is 0 Å². The fourth-order valence-corrected chi connectivity index (χ4v) is 6.37. The maximum atomic E-state index is 15.2. The Kier molecular flexibility index (Phi) is 9.73. The molecule has 4 unspecified atom stereocenters. The monoisotopic (exact) mass is 504 g/mol. The minimum Gasteiger partial charge on any atom is -0.206 e. The third-order valence-electron chi connectivity index (χ3n) is 8.45. The first-order chi connectivity index (χ1) is 18.0. The highest BCUT2D eigenvalue weighted by atomic mass is 19.2. The second-order valence-corrected chi connectivity index (χ2v) is 10.9. The molecule has 0 saturated heterocycles. The van der Waals surface area contributed by atoms with Crippen LogP contribution in [-0.4, -0.2) is 0 Å². The molecule has 0 bridgehead atoms. The van der Waals surface area contributed by atoms with Crippen molar-refractivity contribution in [3.8, 4) is 11.8 Å². The molecule has 0 radical (unpaired) electrons. The van der Waals surface area contributed by atoms with Crippen LogP contribution in [-0.2, 0) is 6.42 Å². The van der Waals surface area contributed by atoms with E-state index in [1.165, 1.54) is 31.7 Å². The van der Waals surface area contributed by atoms with Crippen molar-refractivity contribution in [1.29, 1.82) is 0 Å². The van der Waals surface area contributed by atoms with Gasteiger partial charge in [-0.15, -0.1) is 0 Å². The van der Waals surface area contributed by atoms with Gasteiger partial charge in [-0.05, 0) is 125 Å². The number of hydrogen-bond donors (Lipinski definition) is 0. The predicted molar refractivity (Wildman–Crippen MR) is 147 cm³/mol. The molecule has 2 aromatic rings. The van der Waals surface area contributed by atoms with Crippen LogP contribution in [0.2, 0.25) is 0 Å². The van der Waals surface area contributed by atoms with Crippen molar-refractivity contribution in [2.24, 2.45) is 17.8 Å². The van der Waals surface area contributed by atoms with Crippen molar-refractivity contribution in [2.75, 3.05) is 0 Å². The predicted octanol–water partition coefficient (Wildman–Crippen LogP) is 9.67. The van der Waals surface area contributed by atoms with Crippen molar-refractivity contribution >= 4 is 0 Å². The highest BCUT2D eigenvalue weighted by Crippen LogP contribution is 2.48. The number of aryl methyl sites for hydroxylation is 1. The third kappa shape index (κ3) is 6.98. The molecule has 4 rings (SSSR count). The second-order valence-electron chi connectivity index (χ2n) is 10.9. The van der Waals surface area contributed by atoms with Gasteiger partial charge in [-0.1, -0.05) is 54.7 Å². The maximum absolute atomic E-state index is 15.2. The van der Waals surface area contributed by atoms with E-state index in [2.05, 4.69) is 30.9 Å². The van der Waals surface area contributed by atoms with Gasteiger partial charge >= 0.3 is 0 Å². The largest absolute Gasteiger partial charge is 0.206 e.